The summed E-state index contributed by atoms with van der Waals surface area (Å²) in [4.78, 5) is 10.7. The van der Waals surface area contributed by atoms with Crippen molar-refractivity contribution in [2.75, 3.05) is 13.2 Å². The van der Waals surface area contributed by atoms with Crippen LogP contribution in [0.15, 0.2) is 0 Å². The first kappa shape index (κ1) is 13.3. The second-order valence-electron chi connectivity index (χ2n) is 4.00. The third kappa shape index (κ3) is 3.37. The Hall–Kier alpha value is -0.780. The van der Waals surface area contributed by atoms with Gasteiger partial charge in [0.2, 0.25) is 0 Å². The summed E-state index contributed by atoms with van der Waals surface area (Å²) in [7, 11) is 0. The lowest BCUT2D eigenvalue weighted by Gasteiger charge is -2.29. The van der Waals surface area contributed by atoms with Crippen molar-refractivity contribution in [3.63, 3.8) is 0 Å². The SMILES string of the molecule is CCOC1(CNC(=O)C(F)(F)F)CCCC1. The van der Waals surface area contributed by atoms with Gasteiger partial charge < -0.3 is 10.1 Å². The Labute approximate surface area is 92.3 Å². The van der Waals surface area contributed by atoms with Crippen molar-refractivity contribution in [1.29, 1.82) is 0 Å². The van der Waals surface area contributed by atoms with E-state index >= 15 is 0 Å². The van der Waals surface area contributed by atoms with Gasteiger partial charge in [-0.25, -0.2) is 0 Å². The van der Waals surface area contributed by atoms with Crippen molar-refractivity contribution in [2.24, 2.45) is 0 Å². The van der Waals surface area contributed by atoms with Crippen molar-refractivity contribution in [3.05, 3.63) is 0 Å². The quantitative estimate of drug-likeness (QED) is 0.815. The lowest BCUT2D eigenvalue weighted by molar-refractivity contribution is -0.175. The zero-order valence-corrected chi connectivity index (χ0v) is 9.19. The zero-order chi connectivity index (χ0) is 12.2. The van der Waals surface area contributed by atoms with Crippen LogP contribution < -0.4 is 5.32 Å². The fourth-order valence-electron chi connectivity index (χ4n) is 2.04. The Kier molecular flexibility index (Phi) is 4.18. The molecular formula is C10H16F3NO2. The molecule has 0 aromatic rings. The number of ether oxygens (including phenoxy) is 1. The highest BCUT2D eigenvalue weighted by atomic mass is 19.4. The van der Waals surface area contributed by atoms with Crippen LogP contribution in [0.4, 0.5) is 13.2 Å². The van der Waals surface area contributed by atoms with Gasteiger partial charge in [0.15, 0.2) is 0 Å². The maximum absolute atomic E-state index is 12.0. The van der Waals surface area contributed by atoms with Crippen molar-refractivity contribution in [1.82, 2.24) is 5.32 Å². The average molecular weight is 239 g/mol. The molecule has 1 aliphatic carbocycles. The molecule has 1 aliphatic rings. The van der Waals surface area contributed by atoms with E-state index in [2.05, 4.69) is 0 Å². The summed E-state index contributed by atoms with van der Waals surface area (Å²) in [5, 5.41) is 1.90. The second-order valence-corrected chi connectivity index (χ2v) is 4.00. The lowest BCUT2D eigenvalue weighted by atomic mass is 10.0. The summed E-state index contributed by atoms with van der Waals surface area (Å²) in [6, 6.07) is 0. The Morgan fingerprint density at radius 2 is 1.94 bits per heavy atom. The smallest absolute Gasteiger partial charge is 0.373 e. The molecule has 0 bridgehead atoms. The van der Waals surface area contributed by atoms with Gasteiger partial charge in [-0.05, 0) is 19.8 Å². The molecule has 1 saturated carbocycles. The number of halogens is 3. The molecule has 6 heteroatoms. The standard InChI is InChI=1S/C10H16F3NO2/c1-2-16-9(5-3-4-6-9)7-14-8(15)10(11,12)13/h2-7H2,1H3,(H,14,15). The molecule has 0 saturated heterocycles. The van der Waals surface area contributed by atoms with Crippen LogP contribution in [0.3, 0.4) is 0 Å². The van der Waals surface area contributed by atoms with E-state index < -0.39 is 17.7 Å². The van der Waals surface area contributed by atoms with Crippen LogP contribution in [0.1, 0.15) is 32.6 Å². The minimum absolute atomic E-state index is 0.0564. The van der Waals surface area contributed by atoms with Crippen LogP contribution in [0.25, 0.3) is 0 Å². The molecule has 1 rings (SSSR count). The molecule has 3 nitrogen and oxygen atoms in total. The van der Waals surface area contributed by atoms with E-state index in [4.69, 9.17) is 4.74 Å². The first-order valence-corrected chi connectivity index (χ1v) is 5.39. The van der Waals surface area contributed by atoms with Crippen molar-refractivity contribution >= 4 is 5.91 Å². The number of alkyl halides is 3. The van der Waals surface area contributed by atoms with Gasteiger partial charge in [0.1, 0.15) is 0 Å². The summed E-state index contributed by atoms with van der Waals surface area (Å²) < 4.78 is 41.4. The molecule has 0 spiro atoms. The predicted molar refractivity (Wildman–Crippen MR) is 51.9 cm³/mol. The molecule has 1 N–H and O–H groups in total. The van der Waals surface area contributed by atoms with Crippen LogP contribution in [-0.2, 0) is 9.53 Å². The highest BCUT2D eigenvalue weighted by molar-refractivity contribution is 5.81. The molecule has 0 radical (unpaired) electrons. The van der Waals surface area contributed by atoms with E-state index in [0.717, 1.165) is 12.8 Å². The number of rotatable bonds is 4. The Balaban J connectivity index is 2.48. The van der Waals surface area contributed by atoms with E-state index in [1.807, 2.05) is 5.32 Å². The molecule has 0 aromatic heterocycles. The number of hydrogen-bond acceptors (Lipinski definition) is 2. The highest BCUT2D eigenvalue weighted by Crippen LogP contribution is 2.32. The third-order valence-electron chi connectivity index (χ3n) is 2.79. The van der Waals surface area contributed by atoms with Gasteiger partial charge in [0, 0.05) is 13.2 Å². The normalized spacial score (nSPS) is 19.8. The fraction of sp³-hybridized carbons (Fsp3) is 0.900. The van der Waals surface area contributed by atoms with Gasteiger partial charge in [-0.1, -0.05) is 12.8 Å². The number of hydrogen-bond donors (Lipinski definition) is 1. The van der Waals surface area contributed by atoms with Crippen LogP contribution in [0.2, 0.25) is 0 Å². The number of nitrogens with one attached hydrogen (secondary N) is 1. The number of carbonyl (C=O) groups is 1. The van der Waals surface area contributed by atoms with E-state index in [-0.39, 0.29) is 6.54 Å². The van der Waals surface area contributed by atoms with Crippen molar-refractivity contribution in [3.8, 4) is 0 Å². The second kappa shape index (κ2) is 5.03. The summed E-state index contributed by atoms with van der Waals surface area (Å²) >= 11 is 0. The Morgan fingerprint density at radius 3 is 2.38 bits per heavy atom. The fourth-order valence-corrected chi connectivity index (χ4v) is 2.04. The van der Waals surface area contributed by atoms with Gasteiger partial charge in [0.05, 0.1) is 5.60 Å². The molecule has 94 valence electrons. The predicted octanol–water partition coefficient (Wildman–Crippen LogP) is 2.01. The Morgan fingerprint density at radius 1 is 1.38 bits per heavy atom. The minimum Gasteiger partial charge on any atom is -0.373 e. The van der Waals surface area contributed by atoms with Crippen LogP contribution >= 0.6 is 0 Å². The molecular weight excluding hydrogens is 223 g/mol. The van der Waals surface area contributed by atoms with Gasteiger partial charge >= 0.3 is 12.1 Å². The monoisotopic (exact) mass is 239 g/mol. The Bertz CT molecular complexity index is 247. The highest BCUT2D eigenvalue weighted by Gasteiger charge is 2.41. The van der Waals surface area contributed by atoms with Gasteiger partial charge in [-0.2, -0.15) is 13.2 Å². The summed E-state index contributed by atoms with van der Waals surface area (Å²) in [5.74, 6) is -1.89. The number of amides is 1. The molecule has 1 amide bonds. The first-order valence-electron chi connectivity index (χ1n) is 5.39. The zero-order valence-electron chi connectivity index (χ0n) is 9.19. The molecule has 16 heavy (non-hydrogen) atoms. The lowest BCUT2D eigenvalue weighted by Crippen LogP contribution is -2.47. The molecule has 0 heterocycles. The van der Waals surface area contributed by atoms with E-state index in [1.54, 1.807) is 6.92 Å². The maximum atomic E-state index is 12.0. The summed E-state index contributed by atoms with van der Waals surface area (Å²) in [6.07, 6.45) is -1.53. The average Bonchev–Trinajstić information content (AvgIpc) is 2.62. The molecule has 1 fully saturated rings. The number of carbonyl (C=O) groups excluding carboxylic acids is 1. The van der Waals surface area contributed by atoms with Crippen molar-refractivity contribution in [2.45, 2.75) is 44.4 Å². The van der Waals surface area contributed by atoms with Gasteiger partial charge in [-0.15, -0.1) is 0 Å². The van der Waals surface area contributed by atoms with E-state index in [9.17, 15) is 18.0 Å². The van der Waals surface area contributed by atoms with Gasteiger partial charge in [-0.3, -0.25) is 4.79 Å². The molecule has 0 atom stereocenters. The maximum Gasteiger partial charge on any atom is 0.471 e. The van der Waals surface area contributed by atoms with Gasteiger partial charge in [0.25, 0.3) is 0 Å². The topological polar surface area (TPSA) is 38.3 Å². The van der Waals surface area contributed by atoms with E-state index in [0.29, 0.717) is 19.4 Å². The summed E-state index contributed by atoms with van der Waals surface area (Å²) in [6.45, 7) is 2.19. The molecule has 0 aliphatic heterocycles. The third-order valence-corrected chi connectivity index (χ3v) is 2.79. The van der Waals surface area contributed by atoms with Crippen LogP contribution in [0.5, 0.6) is 0 Å². The largest absolute Gasteiger partial charge is 0.471 e. The summed E-state index contributed by atoms with van der Waals surface area (Å²) in [5.41, 5.74) is -0.588. The first-order chi connectivity index (χ1) is 7.40. The minimum atomic E-state index is -4.81. The van der Waals surface area contributed by atoms with Crippen molar-refractivity contribution < 1.29 is 22.7 Å². The molecule has 0 unspecified atom stereocenters. The van der Waals surface area contributed by atoms with Crippen LogP contribution in [0, 0.1) is 0 Å². The molecule has 0 aromatic carbocycles. The van der Waals surface area contributed by atoms with E-state index in [1.165, 1.54) is 0 Å². The van der Waals surface area contributed by atoms with Crippen LogP contribution in [-0.4, -0.2) is 30.8 Å².